The van der Waals surface area contributed by atoms with Crippen molar-refractivity contribution in [3.8, 4) is 0 Å². The molecule has 0 atom stereocenters. The van der Waals surface area contributed by atoms with E-state index in [1.165, 1.54) is 0 Å². The van der Waals surface area contributed by atoms with E-state index in [-0.39, 0.29) is 0 Å². The van der Waals surface area contributed by atoms with Gasteiger partial charge < -0.3 is 10.2 Å². The van der Waals surface area contributed by atoms with E-state index in [4.69, 9.17) is 10.2 Å². The number of nitrogens with zero attached hydrogens (tertiary/aromatic N) is 1. The lowest BCUT2D eigenvalue weighted by molar-refractivity contribution is 0.506. The molecule has 0 aliphatic rings. The van der Waals surface area contributed by atoms with Gasteiger partial charge in [-0.25, -0.2) is 4.98 Å². The number of pyridine rings is 1. The molecule has 2 rings (SSSR count). The molecule has 15 heavy (non-hydrogen) atoms. The van der Waals surface area contributed by atoms with E-state index in [0.29, 0.717) is 5.69 Å². The van der Waals surface area contributed by atoms with Crippen LogP contribution >= 0.6 is 27.7 Å². The molecule has 2 heterocycles. The van der Waals surface area contributed by atoms with Gasteiger partial charge >= 0.3 is 0 Å². The average molecular weight is 285 g/mol. The third kappa shape index (κ3) is 3.00. The predicted molar refractivity (Wildman–Crippen MR) is 64.6 cm³/mol. The molecule has 0 bridgehead atoms. The molecule has 2 aromatic rings. The van der Waals surface area contributed by atoms with Crippen LogP contribution in [-0.4, -0.2) is 4.98 Å². The molecule has 2 N–H and O–H groups in total. The summed E-state index contributed by atoms with van der Waals surface area (Å²) in [7, 11) is 0. The predicted octanol–water partition coefficient (Wildman–Crippen LogP) is 3.31. The molecule has 0 aliphatic heterocycles. The highest BCUT2D eigenvalue weighted by Gasteiger charge is 2.01. The van der Waals surface area contributed by atoms with Gasteiger partial charge in [-0.3, -0.25) is 0 Å². The molecule has 2 aromatic heterocycles. The summed E-state index contributed by atoms with van der Waals surface area (Å²) in [6.07, 6.45) is 1.65. The van der Waals surface area contributed by atoms with E-state index >= 15 is 0 Å². The number of furan rings is 1. The molecule has 3 nitrogen and oxygen atoms in total. The van der Waals surface area contributed by atoms with Crippen molar-refractivity contribution in [2.45, 2.75) is 10.8 Å². The lowest BCUT2D eigenvalue weighted by Gasteiger charge is -1.98. The minimum Gasteiger partial charge on any atom is -0.453 e. The molecule has 0 radical (unpaired) electrons. The maximum Gasteiger partial charge on any atom is 0.169 e. The number of nitrogens with two attached hydrogens (primary N) is 1. The molecule has 5 heteroatoms. The highest BCUT2D eigenvalue weighted by atomic mass is 79.9. The van der Waals surface area contributed by atoms with Crippen molar-refractivity contribution >= 4 is 33.4 Å². The van der Waals surface area contributed by atoms with Crippen molar-refractivity contribution in [1.29, 1.82) is 0 Å². The smallest absolute Gasteiger partial charge is 0.169 e. The number of nitrogen functional groups attached to an aromatic ring is 1. The van der Waals surface area contributed by atoms with Gasteiger partial charge in [0.15, 0.2) is 4.67 Å². The monoisotopic (exact) mass is 284 g/mol. The summed E-state index contributed by atoms with van der Waals surface area (Å²) < 4.78 is 6.13. The fourth-order valence-corrected chi connectivity index (χ4v) is 2.13. The lowest BCUT2D eigenvalue weighted by Crippen LogP contribution is -1.86. The first kappa shape index (κ1) is 10.6. The molecule has 0 spiro atoms. The van der Waals surface area contributed by atoms with Gasteiger partial charge in [0.2, 0.25) is 0 Å². The van der Waals surface area contributed by atoms with Gasteiger partial charge in [0.25, 0.3) is 0 Å². The second kappa shape index (κ2) is 4.72. The average Bonchev–Trinajstić information content (AvgIpc) is 2.64. The second-order valence-electron chi connectivity index (χ2n) is 2.92. The zero-order valence-corrected chi connectivity index (χ0v) is 10.2. The number of anilines is 1. The van der Waals surface area contributed by atoms with E-state index in [1.54, 1.807) is 18.0 Å². The molecular formula is C10H9BrN2OS. The molecule has 78 valence electrons. The van der Waals surface area contributed by atoms with E-state index < -0.39 is 0 Å². The summed E-state index contributed by atoms with van der Waals surface area (Å²) >= 11 is 4.87. The lowest BCUT2D eigenvalue weighted by atomic mass is 10.4. The van der Waals surface area contributed by atoms with Gasteiger partial charge in [-0.1, -0.05) is 11.8 Å². The summed E-state index contributed by atoms with van der Waals surface area (Å²) in [4.78, 5) is 4.18. The number of aromatic nitrogens is 1. The van der Waals surface area contributed by atoms with Crippen molar-refractivity contribution in [3.63, 3.8) is 0 Å². The minimum absolute atomic E-state index is 0.681. The van der Waals surface area contributed by atoms with E-state index in [1.807, 2.05) is 24.3 Å². The summed E-state index contributed by atoms with van der Waals surface area (Å²) in [5, 5.41) is 0.941. The maximum absolute atomic E-state index is 5.54. The van der Waals surface area contributed by atoms with Crippen LogP contribution in [0, 0.1) is 0 Å². The number of thioether (sulfide) groups is 1. The Labute approximate surface area is 100 Å². The Morgan fingerprint density at radius 2 is 2.20 bits per heavy atom. The normalized spacial score (nSPS) is 10.5. The van der Waals surface area contributed by atoms with Crippen molar-refractivity contribution in [1.82, 2.24) is 4.98 Å². The van der Waals surface area contributed by atoms with Crippen molar-refractivity contribution in [3.05, 3.63) is 40.9 Å². The molecule has 0 saturated carbocycles. The topological polar surface area (TPSA) is 52.0 Å². The van der Waals surface area contributed by atoms with Crippen LogP contribution in [0.15, 0.2) is 44.6 Å². The van der Waals surface area contributed by atoms with Crippen LogP contribution < -0.4 is 5.73 Å². The van der Waals surface area contributed by atoms with Gasteiger partial charge in [0.05, 0.1) is 22.7 Å². The largest absolute Gasteiger partial charge is 0.453 e. The Hall–Kier alpha value is -0.940. The van der Waals surface area contributed by atoms with Crippen molar-refractivity contribution < 1.29 is 4.42 Å². The maximum atomic E-state index is 5.54. The van der Waals surface area contributed by atoms with Crippen LogP contribution in [0.1, 0.15) is 5.76 Å². The molecule has 0 aromatic carbocycles. The van der Waals surface area contributed by atoms with Gasteiger partial charge in [0.1, 0.15) is 5.76 Å². The number of halogens is 1. The van der Waals surface area contributed by atoms with Crippen LogP contribution in [0.4, 0.5) is 5.69 Å². The standard InChI is InChI=1S/C10H9BrN2OS/c11-9-3-2-8(14-9)6-15-10-4-1-7(12)5-13-10/h1-5H,6,12H2. The molecule has 0 aliphatic carbocycles. The second-order valence-corrected chi connectivity index (χ2v) is 4.70. The summed E-state index contributed by atoms with van der Waals surface area (Å²) in [6, 6.07) is 7.56. The van der Waals surface area contributed by atoms with Crippen molar-refractivity contribution in [2.75, 3.05) is 5.73 Å². The SMILES string of the molecule is Nc1ccc(SCc2ccc(Br)o2)nc1. The van der Waals surface area contributed by atoms with Gasteiger partial charge in [-0.2, -0.15) is 0 Å². The van der Waals surface area contributed by atoms with Crippen LogP contribution in [0.25, 0.3) is 0 Å². The zero-order chi connectivity index (χ0) is 10.7. The van der Waals surface area contributed by atoms with Crippen LogP contribution in [0.2, 0.25) is 0 Å². The Bertz CT molecular complexity index is 441. The number of hydrogen-bond donors (Lipinski definition) is 1. The van der Waals surface area contributed by atoms with Gasteiger partial charge in [0, 0.05) is 0 Å². The van der Waals surface area contributed by atoms with E-state index in [9.17, 15) is 0 Å². The third-order valence-electron chi connectivity index (χ3n) is 1.75. The van der Waals surface area contributed by atoms with Crippen LogP contribution in [0.5, 0.6) is 0 Å². The van der Waals surface area contributed by atoms with E-state index in [0.717, 1.165) is 21.2 Å². The van der Waals surface area contributed by atoms with Crippen LogP contribution in [-0.2, 0) is 5.75 Å². The van der Waals surface area contributed by atoms with E-state index in [2.05, 4.69) is 20.9 Å². The quantitative estimate of drug-likeness (QED) is 0.879. The first-order valence-electron chi connectivity index (χ1n) is 4.32. The first-order chi connectivity index (χ1) is 7.24. The summed E-state index contributed by atoms with van der Waals surface area (Å²) in [6.45, 7) is 0. The van der Waals surface area contributed by atoms with Gasteiger partial charge in [-0.15, -0.1) is 0 Å². The fraction of sp³-hybridized carbons (Fsp3) is 0.100. The Balaban J connectivity index is 1.96. The minimum atomic E-state index is 0.681. The molecule has 0 amide bonds. The molecular weight excluding hydrogens is 276 g/mol. The number of hydrogen-bond acceptors (Lipinski definition) is 4. The molecule has 0 fully saturated rings. The third-order valence-corrected chi connectivity index (χ3v) is 3.14. The Kier molecular flexibility index (Phi) is 3.33. The van der Waals surface area contributed by atoms with Crippen LogP contribution in [0.3, 0.4) is 0 Å². The summed E-state index contributed by atoms with van der Waals surface area (Å²) in [5.74, 6) is 1.69. The zero-order valence-electron chi connectivity index (χ0n) is 7.81. The highest BCUT2D eigenvalue weighted by Crippen LogP contribution is 2.23. The Morgan fingerprint density at radius 1 is 1.33 bits per heavy atom. The Morgan fingerprint density at radius 3 is 2.80 bits per heavy atom. The van der Waals surface area contributed by atoms with Crippen molar-refractivity contribution in [2.24, 2.45) is 0 Å². The highest BCUT2D eigenvalue weighted by molar-refractivity contribution is 9.10. The first-order valence-corrected chi connectivity index (χ1v) is 6.10. The van der Waals surface area contributed by atoms with Gasteiger partial charge in [-0.05, 0) is 40.2 Å². The number of rotatable bonds is 3. The molecule has 0 unspecified atom stereocenters. The summed E-state index contributed by atoms with van der Waals surface area (Å²) in [5.41, 5.74) is 6.22. The fourth-order valence-electron chi connectivity index (χ4n) is 1.05. The molecule has 0 saturated heterocycles.